The van der Waals surface area contributed by atoms with Crippen LogP contribution in [0.2, 0.25) is 0 Å². The predicted molar refractivity (Wildman–Crippen MR) is 119 cm³/mol. The van der Waals surface area contributed by atoms with E-state index in [9.17, 15) is 9.59 Å². The standard InChI is InChI=1S/C25H33N3O2/c1-4-20-10-12-21(13-11-20)24(19(2)3)26-23(29)18-27-14-16-28(17-15-27)25(30)22-8-6-5-7-9-22/h5-13,19,24H,4,14-18H2,1-3H3,(H,26,29)/p+1/t24-/m1/s1. The van der Waals surface area contributed by atoms with Gasteiger partial charge in [-0.05, 0) is 35.6 Å². The number of piperazine rings is 1. The minimum absolute atomic E-state index is 0.0174. The van der Waals surface area contributed by atoms with E-state index in [4.69, 9.17) is 0 Å². The number of nitrogens with zero attached hydrogens (tertiary/aromatic N) is 1. The van der Waals surface area contributed by atoms with Gasteiger partial charge < -0.3 is 15.1 Å². The quantitative estimate of drug-likeness (QED) is 0.737. The third-order valence-corrected chi connectivity index (χ3v) is 5.92. The van der Waals surface area contributed by atoms with E-state index in [0.717, 1.165) is 30.6 Å². The molecule has 0 spiro atoms. The smallest absolute Gasteiger partial charge is 0.275 e. The maximum absolute atomic E-state index is 12.7. The fourth-order valence-electron chi connectivity index (χ4n) is 4.01. The largest absolute Gasteiger partial charge is 0.344 e. The molecule has 1 aliphatic heterocycles. The number of hydrogen-bond donors (Lipinski definition) is 2. The molecule has 1 aliphatic rings. The van der Waals surface area contributed by atoms with Crippen molar-refractivity contribution < 1.29 is 14.5 Å². The highest BCUT2D eigenvalue weighted by Gasteiger charge is 2.27. The molecule has 1 heterocycles. The fourth-order valence-corrected chi connectivity index (χ4v) is 4.01. The molecule has 5 heteroatoms. The molecular formula is C25H34N3O2+. The van der Waals surface area contributed by atoms with Gasteiger partial charge in [0.1, 0.15) is 0 Å². The molecule has 2 aromatic carbocycles. The van der Waals surface area contributed by atoms with Gasteiger partial charge in [0.25, 0.3) is 11.8 Å². The topological polar surface area (TPSA) is 53.9 Å². The number of rotatable bonds is 7. The predicted octanol–water partition coefficient (Wildman–Crippen LogP) is 2.10. The zero-order valence-electron chi connectivity index (χ0n) is 18.4. The Bertz CT molecular complexity index is 825. The molecule has 1 atom stereocenters. The molecule has 160 valence electrons. The molecule has 0 aliphatic carbocycles. The van der Waals surface area contributed by atoms with Crippen molar-refractivity contribution >= 4 is 11.8 Å². The first-order chi connectivity index (χ1) is 14.5. The Morgan fingerprint density at radius 1 is 1.00 bits per heavy atom. The van der Waals surface area contributed by atoms with E-state index in [1.165, 1.54) is 10.5 Å². The molecule has 3 rings (SSSR count). The van der Waals surface area contributed by atoms with Crippen LogP contribution in [-0.4, -0.2) is 49.4 Å². The lowest BCUT2D eigenvalue weighted by molar-refractivity contribution is -0.896. The summed E-state index contributed by atoms with van der Waals surface area (Å²) in [4.78, 5) is 28.5. The van der Waals surface area contributed by atoms with Crippen molar-refractivity contribution in [2.24, 2.45) is 5.92 Å². The summed E-state index contributed by atoms with van der Waals surface area (Å²) in [5.74, 6) is 0.470. The van der Waals surface area contributed by atoms with Gasteiger partial charge in [0.05, 0.1) is 32.2 Å². The maximum atomic E-state index is 12.7. The summed E-state index contributed by atoms with van der Waals surface area (Å²) < 4.78 is 0. The second-order valence-electron chi connectivity index (χ2n) is 8.47. The number of carbonyl (C=O) groups excluding carboxylic acids is 2. The van der Waals surface area contributed by atoms with Crippen LogP contribution >= 0.6 is 0 Å². The Labute approximate surface area is 180 Å². The van der Waals surface area contributed by atoms with E-state index in [2.05, 4.69) is 50.4 Å². The van der Waals surface area contributed by atoms with Crippen molar-refractivity contribution in [2.45, 2.75) is 33.2 Å². The Hall–Kier alpha value is -2.66. The van der Waals surface area contributed by atoms with Crippen LogP contribution in [-0.2, 0) is 11.2 Å². The molecule has 5 nitrogen and oxygen atoms in total. The molecule has 1 fully saturated rings. The molecule has 0 unspecified atom stereocenters. The molecule has 30 heavy (non-hydrogen) atoms. The second kappa shape index (κ2) is 10.4. The number of carbonyl (C=O) groups is 2. The summed E-state index contributed by atoms with van der Waals surface area (Å²) in [7, 11) is 0. The van der Waals surface area contributed by atoms with E-state index >= 15 is 0 Å². The Balaban J connectivity index is 1.51. The van der Waals surface area contributed by atoms with Crippen LogP contribution in [0.3, 0.4) is 0 Å². The minimum Gasteiger partial charge on any atom is -0.344 e. The minimum atomic E-state index is 0.0174. The van der Waals surface area contributed by atoms with E-state index in [1.54, 1.807) is 0 Å². The van der Waals surface area contributed by atoms with Crippen molar-refractivity contribution in [3.8, 4) is 0 Å². The zero-order chi connectivity index (χ0) is 21.5. The van der Waals surface area contributed by atoms with Gasteiger partial charge in [-0.2, -0.15) is 0 Å². The fraction of sp³-hybridized carbons (Fsp3) is 0.440. The number of benzene rings is 2. The average molecular weight is 409 g/mol. The highest BCUT2D eigenvalue weighted by atomic mass is 16.2. The first-order valence-corrected chi connectivity index (χ1v) is 11.0. The summed E-state index contributed by atoms with van der Waals surface area (Å²) in [6.07, 6.45) is 1.01. The summed E-state index contributed by atoms with van der Waals surface area (Å²) >= 11 is 0. The van der Waals surface area contributed by atoms with Crippen molar-refractivity contribution in [3.05, 3.63) is 71.3 Å². The van der Waals surface area contributed by atoms with Crippen LogP contribution in [0.5, 0.6) is 0 Å². The highest BCUT2D eigenvalue weighted by Crippen LogP contribution is 2.22. The summed E-state index contributed by atoms with van der Waals surface area (Å²) in [6, 6.07) is 18.0. The number of aryl methyl sites for hydroxylation is 1. The molecular weight excluding hydrogens is 374 g/mol. The third kappa shape index (κ3) is 5.70. The summed E-state index contributed by atoms with van der Waals surface area (Å²) in [6.45, 7) is 9.83. The van der Waals surface area contributed by atoms with Crippen LogP contribution in [0.15, 0.2) is 54.6 Å². The third-order valence-electron chi connectivity index (χ3n) is 5.92. The van der Waals surface area contributed by atoms with Crippen molar-refractivity contribution in [1.82, 2.24) is 10.2 Å². The van der Waals surface area contributed by atoms with Crippen molar-refractivity contribution in [2.75, 3.05) is 32.7 Å². The van der Waals surface area contributed by atoms with Gasteiger partial charge in [-0.25, -0.2) is 0 Å². The van der Waals surface area contributed by atoms with E-state index < -0.39 is 0 Å². The van der Waals surface area contributed by atoms with Gasteiger partial charge in [-0.3, -0.25) is 9.59 Å². The van der Waals surface area contributed by atoms with Crippen LogP contribution in [0.25, 0.3) is 0 Å². The first kappa shape index (κ1) is 22.0. The van der Waals surface area contributed by atoms with Gasteiger partial charge in [0.15, 0.2) is 6.54 Å². The van der Waals surface area contributed by atoms with Crippen LogP contribution in [0, 0.1) is 5.92 Å². The molecule has 0 radical (unpaired) electrons. The van der Waals surface area contributed by atoms with Gasteiger partial charge in [0, 0.05) is 5.56 Å². The number of amides is 2. The Morgan fingerprint density at radius 2 is 1.63 bits per heavy atom. The lowest BCUT2D eigenvalue weighted by Gasteiger charge is -2.32. The van der Waals surface area contributed by atoms with E-state index in [1.807, 2.05) is 35.2 Å². The molecule has 0 aromatic heterocycles. The van der Waals surface area contributed by atoms with Gasteiger partial charge in [-0.15, -0.1) is 0 Å². The van der Waals surface area contributed by atoms with Crippen molar-refractivity contribution in [3.63, 3.8) is 0 Å². The Morgan fingerprint density at radius 3 is 2.20 bits per heavy atom. The molecule has 2 aromatic rings. The Kier molecular flexibility index (Phi) is 7.63. The normalized spacial score (nSPS) is 15.8. The zero-order valence-corrected chi connectivity index (χ0v) is 18.4. The van der Waals surface area contributed by atoms with Crippen molar-refractivity contribution in [1.29, 1.82) is 0 Å². The molecule has 1 saturated heterocycles. The molecule has 2 amide bonds. The number of quaternary nitrogens is 1. The number of hydrogen-bond acceptors (Lipinski definition) is 2. The van der Waals surface area contributed by atoms with Crippen LogP contribution in [0.1, 0.15) is 48.3 Å². The lowest BCUT2D eigenvalue weighted by atomic mass is 9.95. The van der Waals surface area contributed by atoms with Gasteiger partial charge in [0.2, 0.25) is 0 Å². The summed E-state index contributed by atoms with van der Waals surface area (Å²) in [5.41, 5.74) is 3.19. The van der Waals surface area contributed by atoms with Crippen LogP contribution < -0.4 is 10.2 Å². The SMILES string of the molecule is CCc1ccc([C@H](NC(=O)C[NH+]2CCN(C(=O)c3ccccc3)CC2)C(C)C)cc1. The summed E-state index contributed by atoms with van der Waals surface area (Å²) in [5, 5.41) is 3.24. The van der Waals surface area contributed by atoms with E-state index in [0.29, 0.717) is 25.6 Å². The maximum Gasteiger partial charge on any atom is 0.275 e. The number of nitrogens with one attached hydrogen (secondary N) is 2. The van der Waals surface area contributed by atoms with E-state index in [-0.39, 0.29) is 17.9 Å². The molecule has 0 saturated carbocycles. The van der Waals surface area contributed by atoms with Gasteiger partial charge in [-0.1, -0.05) is 63.2 Å². The molecule has 2 N–H and O–H groups in total. The monoisotopic (exact) mass is 408 g/mol. The lowest BCUT2D eigenvalue weighted by Crippen LogP contribution is -3.15. The first-order valence-electron chi connectivity index (χ1n) is 11.0. The highest BCUT2D eigenvalue weighted by molar-refractivity contribution is 5.94. The van der Waals surface area contributed by atoms with Crippen LogP contribution in [0.4, 0.5) is 0 Å². The molecule has 0 bridgehead atoms. The van der Waals surface area contributed by atoms with Gasteiger partial charge >= 0.3 is 0 Å². The average Bonchev–Trinajstić information content (AvgIpc) is 2.78. The second-order valence-corrected chi connectivity index (χ2v) is 8.47.